The minimum absolute atomic E-state index is 0.0503. The molecule has 2 aromatic rings. The van der Waals surface area contributed by atoms with Crippen LogP contribution in [-0.2, 0) is 19.7 Å². The maximum absolute atomic E-state index is 12.8. The van der Waals surface area contributed by atoms with Crippen LogP contribution in [0.5, 0.6) is 5.75 Å². The Morgan fingerprint density at radius 1 is 1.09 bits per heavy atom. The smallest absolute Gasteiger partial charge is 0.339 e. The van der Waals surface area contributed by atoms with Gasteiger partial charge in [0.1, 0.15) is 11.4 Å². The summed E-state index contributed by atoms with van der Waals surface area (Å²) in [6.07, 6.45) is 4.42. The monoisotopic (exact) mass is 598 g/mol. The van der Waals surface area contributed by atoms with Crippen LogP contribution >= 0.6 is 39.3 Å². The SMILES string of the molecule is O=C(CN1C(=O)S/C(=C\c2ccc(OS(=O)(=O)c3ccc(Cl)cc3)c(Br)c2)C1=O)N1CCCCC1. The standard InChI is InChI=1S/C23H20BrClN2O6S2/c24-18-12-15(4-9-19(18)33-35(31,32)17-7-5-16(25)6-8-17)13-20-22(29)27(23(30)34-20)14-21(28)26-10-2-1-3-11-26/h4-9,12-13H,1-3,10-11,14H2/b20-13-. The van der Waals surface area contributed by atoms with Crippen molar-refractivity contribution >= 4 is 72.5 Å². The molecule has 35 heavy (non-hydrogen) atoms. The Balaban J connectivity index is 1.46. The highest BCUT2D eigenvalue weighted by atomic mass is 79.9. The largest absolute Gasteiger partial charge is 0.378 e. The van der Waals surface area contributed by atoms with Gasteiger partial charge in [-0.05, 0) is 95.0 Å². The van der Waals surface area contributed by atoms with E-state index in [4.69, 9.17) is 15.8 Å². The lowest BCUT2D eigenvalue weighted by Gasteiger charge is -2.27. The zero-order chi connectivity index (χ0) is 25.2. The van der Waals surface area contributed by atoms with E-state index in [1.54, 1.807) is 17.0 Å². The highest BCUT2D eigenvalue weighted by Crippen LogP contribution is 2.34. The Kier molecular flexibility index (Phi) is 7.89. The summed E-state index contributed by atoms with van der Waals surface area (Å²) in [6.45, 7) is 1.00. The van der Waals surface area contributed by atoms with Gasteiger partial charge in [0.2, 0.25) is 5.91 Å². The van der Waals surface area contributed by atoms with Crippen molar-refractivity contribution in [2.24, 2.45) is 0 Å². The van der Waals surface area contributed by atoms with E-state index in [1.807, 2.05) is 0 Å². The van der Waals surface area contributed by atoms with Crippen LogP contribution in [-0.4, -0.2) is 54.9 Å². The van der Waals surface area contributed by atoms with E-state index in [0.29, 0.717) is 28.1 Å². The first-order chi connectivity index (χ1) is 16.6. The minimum Gasteiger partial charge on any atom is -0.378 e. The molecule has 184 valence electrons. The molecule has 0 radical (unpaired) electrons. The zero-order valence-electron chi connectivity index (χ0n) is 18.3. The third-order valence-corrected chi connectivity index (χ3v) is 8.46. The molecule has 0 bridgehead atoms. The number of carbonyl (C=O) groups is 3. The van der Waals surface area contributed by atoms with Crippen molar-refractivity contribution in [1.82, 2.24) is 9.80 Å². The maximum atomic E-state index is 12.8. The molecular formula is C23H20BrClN2O6S2. The number of thioether (sulfide) groups is 1. The molecule has 0 unspecified atom stereocenters. The van der Waals surface area contributed by atoms with Crippen molar-refractivity contribution in [1.29, 1.82) is 0 Å². The van der Waals surface area contributed by atoms with Gasteiger partial charge in [-0.3, -0.25) is 19.3 Å². The van der Waals surface area contributed by atoms with E-state index in [1.165, 1.54) is 36.4 Å². The van der Waals surface area contributed by atoms with E-state index in [2.05, 4.69) is 15.9 Å². The first kappa shape index (κ1) is 25.7. The van der Waals surface area contributed by atoms with Crippen LogP contribution in [0.1, 0.15) is 24.8 Å². The van der Waals surface area contributed by atoms with Crippen molar-refractivity contribution in [2.75, 3.05) is 19.6 Å². The second-order valence-electron chi connectivity index (χ2n) is 7.89. The average molecular weight is 600 g/mol. The average Bonchev–Trinajstić information content (AvgIpc) is 3.09. The Labute approximate surface area is 220 Å². The predicted octanol–water partition coefficient (Wildman–Crippen LogP) is 4.92. The van der Waals surface area contributed by atoms with E-state index >= 15 is 0 Å². The summed E-state index contributed by atoms with van der Waals surface area (Å²) in [5.41, 5.74) is 0.543. The predicted molar refractivity (Wildman–Crippen MR) is 137 cm³/mol. The van der Waals surface area contributed by atoms with E-state index in [9.17, 15) is 22.8 Å². The summed E-state index contributed by atoms with van der Waals surface area (Å²) in [7, 11) is -4.08. The molecule has 0 aliphatic carbocycles. The van der Waals surface area contributed by atoms with Gasteiger partial charge in [-0.2, -0.15) is 8.42 Å². The summed E-state index contributed by atoms with van der Waals surface area (Å²) >= 11 is 9.85. The van der Waals surface area contributed by atoms with Gasteiger partial charge >= 0.3 is 10.1 Å². The molecule has 2 fully saturated rings. The van der Waals surface area contributed by atoms with Crippen molar-refractivity contribution in [3.05, 3.63) is 62.4 Å². The van der Waals surface area contributed by atoms with Gasteiger partial charge in [0, 0.05) is 18.1 Å². The molecule has 2 aliphatic rings. The number of imide groups is 1. The fourth-order valence-electron chi connectivity index (χ4n) is 3.61. The van der Waals surface area contributed by atoms with Gasteiger partial charge in [0.25, 0.3) is 11.1 Å². The Morgan fingerprint density at radius 3 is 2.43 bits per heavy atom. The van der Waals surface area contributed by atoms with Crippen LogP contribution in [0.3, 0.4) is 0 Å². The minimum atomic E-state index is -4.08. The van der Waals surface area contributed by atoms with Gasteiger partial charge < -0.3 is 9.08 Å². The molecular weight excluding hydrogens is 580 g/mol. The molecule has 4 rings (SSSR count). The van der Waals surface area contributed by atoms with Crippen LogP contribution in [0.2, 0.25) is 5.02 Å². The first-order valence-electron chi connectivity index (χ1n) is 10.7. The molecule has 0 atom stereocenters. The first-order valence-corrected chi connectivity index (χ1v) is 14.1. The summed E-state index contributed by atoms with van der Waals surface area (Å²) in [5.74, 6) is -0.719. The summed E-state index contributed by atoms with van der Waals surface area (Å²) in [4.78, 5) is 40.4. The van der Waals surface area contributed by atoms with Crippen LogP contribution in [0.4, 0.5) is 4.79 Å². The number of rotatable bonds is 6. The van der Waals surface area contributed by atoms with Crippen molar-refractivity contribution in [3.8, 4) is 5.75 Å². The third kappa shape index (κ3) is 6.08. The highest BCUT2D eigenvalue weighted by Gasteiger charge is 2.37. The van der Waals surface area contributed by atoms with Gasteiger partial charge in [0.05, 0.1) is 9.38 Å². The molecule has 0 N–H and O–H groups in total. The summed E-state index contributed by atoms with van der Waals surface area (Å²) in [6, 6.07) is 10.1. The number of halogens is 2. The normalized spacial score (nSPS) is 17.8. The van der Waals surface area contributed by atoms with Crippen LogP contribution in [0, 0.1) is 0 Å². The van der Waals surface area contributed by atoms with Crippen LogP contribution in [0.15, 0.2) is 56.7 Å². The fraction of sp³-hybridized carbons (Fsp3) is 0.261. The number of hydrogen-bond acceptors (Lipinski definition) is 7. The Morgan fingerprint density at radius 2 is 1.77 bits per heavy atom. The van der Waals surface area contributed by atoms with Gasteiger partial charge in [-0.15, -0.1) is 0 Å². The number of benzene rings is 2. The Hall–Kier alpha value is -2.34. The zero-order valence-corrected chi connectivity index (χ0v) is 22.3. The second-order valence-corrected chi connectivity index (χ2v) is 11.7. The van der Waals surface area contributed by atoms with E-state index < -0.39 is 21.3 Å². The van der Waals surface area contributed by atoms with Gasteiger partial charge in [-0.1, -0.05) is 17.7 Å². The number of likely N-dealkylation sites (tertiary alicyclic amines) is 1. The number of hydrogen-bond donors (Lipinski definition) is 0. The molecule has 2 aromatic carbocycles. The van der Waals surface area contributed by atoms with E-state index in [-0.39, 0.29) is 28.0 Å². The number of piperidine rings is 1. The van der Waals surface area contributed by atoms with Crippen molar-refractivity contribution in [3.63, 3.8) is 0 Å². The van der Waals surface area contributed by atoms with E-state index in [0.717, 1.165) is 35.9 Å². The fourth-order valence-corrected chi connectivity index (χ4v) is 6.10. The lowest BCUT2D eigenvalue weighted by atomic mass is 10.1. The van der Waals surface area contributed by atoms with Gasteiger partial charge in [0.15, 0.2) is 5.75 Å². The lowest BCUT2D eigenvalue weighted by Crippen LogP contribution is -2.44. The molecule has 3 amide bonds. The molecule has 0 saturated carbocycles. The Bertz CT molecular complexity index is 1310. The lowest BCUT2D eigenvalue weighted by molar-refractivity contribution is -0.136. The van der Waals surface area contributed by atoms with Crippen LogP contribution in [0.25, 0.3) is 6.08 Å². The molecule has 12 heteroatoms. The summed E-state index contributed by atoms with van der Waals surface area (Å²) < 4.78 is 30.6. The molecule has 0 spiro atoms. The third-order valence-electron chi connectivity index (χ3n) is 5.43. The molecule has 2 heterocycles. The molecule has 2 saturated heterocycles. The molecule has 8 nitrogen and oxygen atoms in total. The van der Waals surface area contributed by atoms with Crippen molar-refractivity contribution < 1.29 is 27.0 Å². The van der Waals surface area contributed by atoms with Crippen LogP contribution < -0.4 is 4.18 Å². The second kappa shape index (κ2) is 10.7. The number of carbonyl (C=O) groups excluding carboxylic acids is 3. The maximum Gasteiger partial charge on any atom is 0.339 e. The quantitative estimate of drug-likeness (QED) is 0.343. The molecule has 0 aromatic heterocycles. The van der Waals surface area contributed by atoms with Gasteiger partial charge in [-0.25, -0.2) is 0 Å². The van der Waals surface area contributed by atoms with Crippen molar-refractivity contribution in [2.45, 2.75) is 24.2 Å². The summed E-state index contributed by atoms with van der Waals surface area (Å²) in [5, 5.41) is -0.102. The molecule has 2 aliphatic heterocycles. The topological polar surface area (TPSA) is 101 Å². The number of nitrogens with zero attached hydrogens (tertiary/aromatic N) is 2. The number of amides is 3. The highest BCUT2D eigenvalue weighted by molar-refractivity contribution is 9.10.